The number of thiocarbonyl (C=S) groups is 1. The number of hydrogen-bond acceptors (Lipinski definition) is 4. The van der Waals surface area contributed by atoms with E-state index in [1.165, 1.54) is 12.8 Å². The number of hydrazone groups is 1. The van der Waals surface area contributed by atoms with E-state index in [9.17, 15) is 4.79 Å². The van der Waals surface area contributed by atoms with E-state index in [1.54, 1.807) is 0 Å². The molecule has 0 aliphatic heterocycles. The maximum absolute atomic E-state index is 10.7. The highest BCUT2D eigenvalue weighted by Gasteiger charge is 2.27. The van der Waals surface area contributed by atoms with Gasteiger partial charge in [-0.3, -0.25) is 10.2 Å². The number of nitrogens with one attached hydrogen (secondary N) is 2. The predicted molar refractivity (Wildman–Crippen MR) is 106 cm³/mol. The Morgan fingerprint density at radius 1 is 1.42 bits per heavy atom. The molecule has 26 heavy (non-hydrogen) atoms. The Kier molecular flexibility index (Phi) is 7.20. The van der Waals surface area contributed by atoms with E-state index in [0.29, 0.717) is 35.2 Å². The highest BCUT2D eigenvalue weighted by Crippen LogP contribution is 2.29. The summed E-state index contributed by atoms with van der Waals surface area (Å²) in [5, 5.41) is 17.1. The average Bonchev–Trinajstić information content (AvgIpc) is 2.96. The van der Waals surface area contributed by atoms with Gasteiger partial charge in [-0.05, 0) is 50.4 Å². The fourth-order valence-electron chi connectivity index (χ4n) is 3.44. The van der Waals surface area contributed by atoms with Crippen molar-refractivity contribution in [2.45, 2.75) is 65.8 Å². The first-order valence-electron chi connectivity index (χ1n) is 9.20. The molecule has 6 nitrogen and oxygen atoms in total. The molecule has 0 radical (unpaired) electrons. The Balaban J connectivity index is 1.92. The molecule has 1 saturated carbocycles. The molecule has 1 aliphatic rings. The molecule has 0 aromatic carbocycles. The fraction of sp³-hybridized carbons (Fsp3) is 0.632. The van der Waals surface area contributed by atoms with Gasteiger partial charge in [0.1, 0.15) is 11.5 Å². The number of carboxylic acids is 1. The van der Waals surface area contributed by atoms with E-state index in [2.05, 4.69) is 29.7 Å². The van der Waals surface area contributed by atoms with Gasteiger partial charge in [0.25, 0.3) is 0 Å². The van der Waals surface area contributed by atoms with Crippen molar-refractivity contribution in [2.24, 2.45) is 16.9 Å². The lowest BCUT2D eigenvalue weighted by Crippen LogP contribution is -2.46. The topological polar surface area (TPSA) is 86.9 Å². The summed E-state index contributed by atoms with van der Waals surface area (Å²) in [5.74, 6) is 1.83. The number of carboxylic acid groups (broad SMARTS) is 1. The second-order valence-electron chi connectivity index (χ2n) is 7.23. The van der Waals surface area contributed by atoms with Crippen LogP contribution in [-0.2, 0) is 11.2 Å². The van der Waals surface area contributed by atoms with E-state index < -0.39 is 5.97 Å². The zero-order valence-corrected chi connectivity index (χ0v) is 16.8. The van der Waals surface area contributed by atoms with E-state index in [1.807, 2.05) is 19.9 Å². The highest BCUT2D eigenvalue weighted by atomic mass is 32.1. The number of rotatable bonds is 6. The van der Waals surface area contributed by atoms with Crippen molar-refractivity contribution < 1.29 is 14.3 Å². The number of aryl methyl sites for hydroxylation is 2. The predicted octanol–water partition coefficient (Wildman–Crippen LogP) is 3.62. The van der Waals surface area contributed by atoms with Crippen molar-refractivity contribution in [3.05, 3.63) is 23.2 Å². The van der Waals surface area contributed by atoms with Crippen LogP contribution in [0.15, 0.2) is 15.6 Å². The molecule has 1 aromatic heterocycles. The van der Waals surface area contributed by atoms with Crippen molar-refractivity contribution in [3.8, 4) is 0 Å². The highest BCUT2D eigenvalue weighted by molar-refractivity contribution is 7.80. The minimum atomic E-state index is -0.838. The van der Waals surface area contributed by atoms with Gasteiger partial charge in [-0.15, -0.1) is 0 Å². The molecule has 2 rings (SSSR count). The van der Waals surface area contributed by atoms with Crippen LogP contribution in [0.3, 0.4) is 0 Å². The Labute approximate surface area is 160 Å². The van der Waals surface area contributed by atoms with Crippen LogP contribution in [0.2, 0.25) is 0 Å². The molecular weight excluding hydrogens is 350 g/mol. The van der Waals surface area contributed by atoms with Gasteiger partial charge in [-0.25, -0.2) is 0 Å². The zero-order valence-electron chi connectivity index (χ0n) is 16.0. The van der Waals surface area contributed by atoms with Gasteiger partial charge >= 0.3 is 5.97 Å². The number of nitrogens with zero attached hydrogens (tertiary/aromatic N) is 1. The maximum Gasteiger partial charge on any atom is 0.303 e. The van der Waals surface area contributed by atoms with Crippen LogP contribution < -0.4 is 10.7 Å². The summed E-state index contributed by atoms with van der Waals surface area (Å²) < 4.78 is 5.62. The van der Waals surface area contributed by atoms with Crippen molar-refractivity contribution in [2.75, 3.05) is 0 Å². The lowest BCUT2D eigenvalue weighted by molar-refractivity contribution is -0.137. The second kappa shape index (κ2) is 9.16. The third-order valence-electron chi connectivity index (χ3n) is 5.29. The summed E-state index contributed by atoms with van der Waals surface area (Å²) in [7, 11) is 0. The number of furan rings is 1. The third kappa shape index (κ3) is 5.56. The Hall–Kier alpha value is -1.89. The van der Waals surface area contributed by atoms with Crippen molar-refractivity contribution in [3.63, 3.8) is 0 Å². The van der Waals surface area contributed by atoms with Gasteiger partial charge in [-0.2, -0.15) is 5.10 Å². The molecule has 3 N–H and O–H groups in total. The molecule has 0 unspecified atom stereocenters. The van der Waals surface area contributed by atoms with Crippen LogP contribution >= 0.6 is 12.2 Å². The lowest BCUT2D eigenvalue weighted by Gasteiger charge is -2.35. The van der Waals surface area contributed by atoms with Gasteiger partial charge in [0.05, 0.1) is 12.1 Å². The molecule has 0 spiro atoms. The minimum Gasteiger partial charge on any atom is -0.481 e. The van der Waals surface area contributed by atoms with E-state index >= 15 is 0 Å². The Morgan fingerprint density at radius 3 is 2.85 bits per heavy atom. The molecular formula is C19H29N3O3S. The maximum atomic E-state index is 10.7. The molecule has 3 atom stereocenters. The van der Waals surface area contributed by atoms with Crippen LogP contribution in [-0.4, -0.2) is 27.9 Å². The quantitative estimate of drug-likeness (QED) is 0.398. The molecule has 0 bridgehead atoms. The van der Waals surface area contributed by atoms with Gasteiger partial charge in [-0.1, -0.05) is 26.7 Å². The second-order valence-corrected chi connectivity index (χ2v) is 7.64. The van der Waals surface area contributed by atoms with Crippen molar-refractivity contribution >= 4 is 29.0 Å². The summed E-state index contributed by atoms with van der Waals surface area (Å²) in [6.45, 7) is 8.28. The summed E-state index contributed by atoms with van der Waals surface area (Å²) in [4.78, 5) is 10.7. The van der Waals surface area contributed by atoms with E-state index in [4.69, 9.17) is 21.7 Å². The lowest BCUT2D eigenvalue weighted by atomic mass is 9.78. The number of aliphatic carboxylic acids is 1. The van der Waals surface area contributed by atoms with Crippen LogP contribution in [0.4, 0.5) is 0 Å². The molecule has 7 heteroatoms. The van der Waals surface area contributed by atoms with Crippen molar-refractivity contribution in [1.29, 1.82) is 0 Å². The summed E-state index contributed by atoms with van der Waals surface area (Å²) in [5.41, 5.74) is 4.54. The number of carbonyl (C=O) groups is 1. The summed E-state index contributed by atoms with van der Waals surface area (Å²) in [6, 6.07) is 2.23. The van der Waals surface area contributed by atoms with Gasteiger partial charge < -0.3 is 14.8 Å². The normalized spacial score (nSPS) is 23.5. The molecule has 1 fully saturated rings. The standard InChI is InChI=1S/C19H29N3O3S/c1-11-6-5-7-17(12(11)2)20-19(26)22-21-13(3)16-10-15(25-14(16)4)8-9-18(23)24/h10-12,17H,5-9H2,1-4H3,(H,23,24)(H2,20,22,26)/b21-13-/t11-,12-,17-/m0/s1. The Bertz CT molecular complexity index is 684. The zero-order chi connectivity index (χ0) is 19.3. The van der Waals surface area contributed by atoms with Crippen LogP contribution in [0.1, 0.15) is 63.5 Å². The van der Waals surface area contributed by atoms with E-state index in [-0.39, 0.29) is 6.42 Å². The number of hydrogen-bond donors (Lipinski definition) is 3. The largest absolute Gasteiger partial charge is 0.481 e. The molecule has 0 saturated heterocycles. The van der Waals surface area contributed by atoms with Gasteiger partial charge in [0, 0.05) is 18.0 Å². The van der Waals surface area contributed by atoms with Gasteiger partial charge in [0.15, 0.2) is 5.11 Å². The van der Waals surface area contributed by atoms with Crippen LogP contribution in [0, 0.1) is 18.8 Å². The van der Waals surface area contributed by atoms with Crippen LogP contribution in [0.25, 0.3) is 0 Å². The van der Waals surface area contributed by atoms with Gasteiger partial charge in [0.2, 0.25) is 0 Å². The van der Waals surface area contributed by atoms with Crippen molar-refractivity contribution in [1.82, 2.24) is 10.7 Å². The molecule has 1 aromatic rings. The minimum absolute atomic E-state index is 0.0484. The first kappa shape index (κ1) is 20.4. The van der Waals surface area contributed by atoms with Crippen LogP contribution in [0.5, 0.6) is 0 Å². The molecule has 1 aliphatic carbocycles. The summed E-state index contributed by atoms with van der Waals surface area (Å²) in [6.07, 6.45) is 4.05. The third-order valence-corrected chi connectivity index (χ3v) is 5.50. The Morgan fingerprint density at radius 2 is 2.15 bits per heavy atom. The smallest absolute Gasteiger partial charge is 0.303 e. The molecule has 144 valence electrons. The molecule has 1 heterocycles. The first-order valence-corrected chi connectivity index (χ1v) is 9.61. The average molecular weight is 380 g/mol. The summed E-state index contributed by atoms with van der Waals surface area (Å²) >= 11 is 5.39. The first-order chi connectivity index (χ1) is 12.3. The molecule has 0 amide bonds. The van der Waals surface area contributed by atoms with E-state index in [0.717, 1.165) is 23.5 Å². The fourth-order valence-corrected chi connectivity index (χ4v) is 3.63. The monoisotopic (exact) mass is 379 g/mol. The SMILES string of the molecule is C/C(=N/NC(=S)N[C@H]1CCC[C@H](C)[C@@H]1C)c1cc(CCC(=O)O)oc1C.